The maximum Gasteiger partial charge on any atom is 0.317 e. The van der Waals surface area contributed by atoms with E-state index in [-0.39, 0.29) is 11.9 Å². The molecule has 8 heteroatoms. The third-order valence-electron chi connectivity index (χ3n) is 4.22. The van der Waals surface area contributed by atoms with Gasteiger partial charge in [-0.1, -0.05) is 0 Å². The van der Waals surface area contributed by atoms with Gasteiger partial charge in [0.1, 0.15) is 12.2 Å². The van der Waals surface area contributed by atoms with Crippen molar-refractivity contribution < 1.29 is 4.79 Å². The van der Waals surface area contributed by atoms with E-state index in [1.54, 1.807) is 12.5 Å². The van der Waals surface area contributed by atoms with Gasteiger partial charge in [-0.15, -0.1) is 10.2 Å². The van der Waals surface area contributed by atoms with Crippen LogP contribution < -0.4 is 5.32 Å². The minimum absolute atomic E-state index is 0.0114. The minimum atomic E-state index is 0.0114. The first kappa shape index (κ1) is 15.5. The second-order valence-corrected chi connectivity index (χ2v) is 5.94. The van der Waals surface area contributed by atoms with Gasteiger partial charge in [-0.05, 0) is 25.3 Å². The van der Waals surface area contributed by atoms with E-state index < -0.39 is 0 Å². The molecule has 0 radical (unpaired) electrons. The number of amides is 2. The first-order valence-electron chi connectivity index (χ1n) is 8.08. The summed E-state index contributed by atoms with van der Waals surface area (Å²) in [6.07, 6.45) is 8.32. The molecular formula is C15H23N7O. The molecule has 0 saturated carbocycles. The van der Waals surface area contributed by atoms with Gasteiger partial charge in [0.05, 0.1) is 0 Å². The number of aromatic nitrogens is 5. The molecule has 1 fully saturated rings. The van der Waals surface area contributed by atoms with Crippen LogP contribution in [0.15, 0.2) is 24.8 Å². The van der Waals surface area contributed by atoms with Crippen molar-refractivity contribution in [1.82, 2.24) is 34.8 Å². The highest BCUT2D eigenvalue weighted by Gasteiger charge is 2.27. The van der Waals surface area contributed by atoms with Crippen LogP contribution in [0.5, 0.6) is 0 Å². The number of urea groups is 1. The van der Waals surface area contributed by atoms with Crippen LogP contribution in [0.4, 0.5) is 4.79 Å². The molecule has 1 atom stereocenters. The van der Waals surface area contributed by atoms with Crippen LogP contribution in [0, 0.1) is 0 Å². The van der Waals surface area contributed by atoms with Crippen LogP contribution in [-0.4, -0.2) is 55.1 Å². The standard InChI is InChI=1S/C15H23N7O/c1-20-12-17-19-14(20)13-5-2-8-21(11-13)15(23)16-6-3-9-22-10-4-7-18-22/h4,7,10,12-13H,2-3,5-6,8-9,11H2,1H3,(H,16,23)/t13-/m1/s1. The normalized spacial score (nSPS) is 18.1. The van der Waals surface area contributed by atoms with Gasteiger partial charge in [-0.3, -0.25) is 4.68 Å². The van der Waals surface area contributed by atoms with E-state index >= 15 is 0 Å². The molecule has 3 rings (SSSR count). The lowest BCUT2D eigenvalue weighted by atomic mass is 9.97. The van der Waals surface area contributed by atoms with Crippen molar-refractivity contribution in [1.29, 1.82) is 0 Å². The third-order valence-corrected chi connectivity index (χ3v) is 4.22. The molecule has 3 heterocycles. The Balaban J connectivity index is 1.44. The molecule has 2 aromatic heterocycles. The molecule has 1 N–H and O–H groups in total. The Morgan fingerprint density at radius 1 is 1.48 bits per heavy atom. The number of carbonyl (C=O) groups is 1. The topological polar surface area (TPSA) is 80.9 Å². The molecule has 0 aliphatic carbocycles. The predicted molar refractivity (Wildman–Crippen MR) is 84.8 cm³/mol. The molecule has 0 bridgehead atoms. The second kappa shape index (κ2) is 7.26. The highest BCUT2D eigenvalue weighted by molar-refractivity contribution is 5.74. The average molecular weight is 317 g/mol. The summed E-state index contributed by atoms with van der Waals surface area (Å²) in [5.74, 6) is 1.23. The molecule has 8 nitrogen and oxygen atoms in total. The van der Waals surface area contributed by atoms with Gasteiger partial charge < -0.3 is 14.8 Å². The Morgan fingerprint density at radius 3 is 3.13 bits per heavy atom. The molecule has 124 valence electrons. The van der Waals surface area contributed by atoms with E-state index in [0.29, 0.717) is 13.1 Å². The lowest BCUT2D eigenvalue weighted by Gasteiger charge is -2.32. The lowest BCUT2D eigenvalue weighted by Crippen LogP contribution is -2.45. The zero-order valence-corrected chi connectivity index (χ0v) is 13.4. The third kappa shape index (κ3) is 3.88. The molecule has 1 aliphatic rings. The number of likely N-dealkylation sites (tertiary alicyclic amines) is 1. The summed E-state index contributed by atoms with van der Waals surface area (Å²) in [6, 6.07) is 1.91. The molecule has 0 aromatic carbocycles. The molecule has 23 heavy (non-hydrogen) atoms. The Morgan fingerprint density at radius 2 is 2.39 bits per heavy atom. The van der Waals surface area contributed by atoms with E-state index in [1.807, 2.05) is 33.5 Å². The van der Waals surface area contributed by atoms with E-state index in [9.17, 15) is 4.79 Å². The first-order valence-corrected chi connectivity index (χ1v) is 8.08. The fraction of sp³-hybridized carbons (Fsp3) is 0.600. The maximum absolute atomic E-state index is 12.3. The number of aryl methyl sites for hydroxylation is 2. The zero-order valence-electron chi connectivity index (χ0n) is 13.4. The Labute approximate surface area is 135 Å². The van der Waals surface area contributed by atoms with Crippen LogP contribution >= 0.6 is 0 Å². The number of nitrogens with zero attached hydrogens (tertiary/aromatic N) is 6. The number of carbonyl (C=O) groups excluding carboxylic acids is 1. The lowest BCUT2D eigenvalue weighted by molar-refractivity contribution is 0.177. The van der Waals surface area contributed by atoms with Crippen LogP contribution in [-0.2, 0) is 13.6 Å². The fourth-order valence-corrected chi connectivity index (χ4v) is 3.02. The van der Waals surface area contributed by atoms with Crippen LogP contribution in [0.3, 0.4) is 0 Å². The molecule has 2 aromatic rings. The van der Waals surface area contributed by atoms with E-state index in [2.05, 4.69) is 20.6 Å². The van der Waals surface area contributed by atoms with Crippen LogP contribution in [0.25, 0.3) is 0 Å². The summed E-state index contributed by atoms with van der Waals surface area (Å²) in [5, 5.41) is 15.3. The number of nitrogens with one attached hydrogen (secondary N) is 1. The summed E-state index contributed by atoms with van der Waals surface area (Å²) < 4.78 is 3.81. The number of hydrogen-bond acceptors (Lipinski definition) is 4. The molecule has 0 unspecified atom stereocenters. The van der Waals surface area contributed by atoms with Crippen molar-refractivity contribution in [3.63, 3.8) is 0 Å². The number of rotatable bonds is 5. The maximum atomic E-state index is 12.3. The van der Waals surface area contributed by atoms with Crippen molar-refractivity contribution in [3.8, 4) is 0 Å². The Kier molecular flexibility index (Phi) is 4.89. The second-order valence-electron chi connectivity index (χ2n) is 5.94. The van der Waals surface area contributed by atoms with Gasteiger partial charge in [0.2, 0.25) is 0 Å². The molecule has 0 spiro atoms. The van der Waals surface area contributed by atoms with Gasteiger partial charge in [0.15, 0.2) is 0 Å². The first-order chi connectivity index (χ1) is 11.2. The summed E-state index contributed by atoms with van der Waals surface area (Å²) in [7, 11) is 1.95. The van der Waals surface area contributed by atoms with E-state index in [1.165, 1.54) is 0 Å². The summed E-state index contributed by atoms with van der Waals surface area (Å²) in [6.45, 7) is 2.98. The van der Waals surface area contributed by atoms with Crippen LogP contribution in [0.1, 0.15) is 31.0 Å². The molecule has 2 amide bonds. The number of piperidine rings is 1. The Hall–Kier alpha value is -2.38. The van der Waals surface area contributed by atoms with Crippen molar-refractivity contribution in [2.75, 3.05) is 19.6 Å². The monoisotopic (exact) mass is 317 g/mol. The van der Waals surface area contributed by atoms with Crippen molar-refractivity contribution in [2.45, 2.75) is 31.7 Å². The summed E-state index contributed by atoms with van der Waals surface area (Å²) in [5.41, 5.74) is 0. The van der Waals surface area contributed by atoms with E-state index in [4.69, 9.17) is 0 Å². The van der Waals surface area contributed by atoms with Gasteiger partial charge >= 0.3 is 6.03 Å². The average Bonchev–Trinajstić information content (AvgIpc) is 3.23. The highest BCUT2D eigenvalue weighted by atomic mass is 16.2. The zero-order chi connectivity index (χ0) is 16.1. The summed E-state index contributed by atoms with van der Waals surface area (Å²) in [4.78, 5) is 14.2. The largest absolute Gasteiger partial charge is 0.338 e. The fourth-order valence-electron chi connectivity index (χ4n) is 3.02. The van der Waals surface area contributed by atoms with Gasteiger partial charge in [0.25, 0.3) is 0 Å². The van der Waals surface area contributed by atoms with Crippen LogP contribution in [0.2, 0.25) is 0 Å². The van der Waals surface area contributed by atoms with Gasteiger partial charge in [-0.25, -0.2) is 4.79 Å². The van der Waals surface area contributed by atoms with Crippen molar-refractivity contribution in [3.05, 3.63) is 30.6 Å². The number of hydrogen-bond donors (Lipinski definition) is 1. The van der Waals surface area contributed by atoms with Crippen molar-refractivity contribution >= 4 is 6.03 Å². The van der Waals surface area contributed by atoms with Gasteiger partial charge in [-0.2, -0.15) is 5.10 Å². The van der Waals surface area contributed by atoms with E-state index in [0.717, 1.165) is 38.2 Å². The SMILES string of the molecule is Cn1cnnc1[C@@H]1CCCN(C(=O)NCCCn2cccn2)C1. The van der Waals surface area contributed by atoms with Gasteiger partial charge in [0, 0.05) is 51.5 Å². The van der Waals surface area contributed by atoms with Crippen molar-refractivity contribution in [2.24, 2.45) is 7.05 Å². The predicted octanol–water partition coefficient (Wildman–Crippen LogP) is 0.991. The summed E-state index contributed by atoms with van der Waals surface area (Å²) >= 11 is 0. The highest BCUT2D eigenvalue weighted by Crippen LogP contribution is 2.24. The molecular weight excluding hydrogens is 294 g/mol. The quantitative estimate of drug-likeness (QED) is 0.834. The molecule has 1 aliphatic heterocycles. The molecule has 1 saturated heterocycles. The minimum Gasteiger partial charge on any atom is -0.338 e. The Bertz CT molecular complexity index is 622. The smallest absolute Gasteiger partial charge is 0.317 e.